The van der Waals surface area contributed by atoms with Crippen LogP contribution in [0.3, 0.4) is 0 Å². The van der Waals surface area contributed by atoms with Gasteiger partial charge in [-0.05, 0) is 60.9 Å². The van der Waals surface area contributed by atoms with Crippen LogP contribution in [0.4, 0.5) is 10.1 Å². The van der Waals surface area contributed by atoms with Crippen molar-refractivity contribution in [1.29, 1.82) is 0 Å². The van der Waals surface area contributed by atoms with Crippen LogP contribution in [-0.4, -0.2) is 57.5 Å². The molecule has 0 saturated carbocycles. The minimum absolute atomic E-state index is 0.228. The number of hydrogen-bond donors (Lipinski definition) is 0. The molecule has 36 heavy (non-hydrogen) atoms. The number of hydrogen-bond acceptors (Lipinski definition) is 4. The zero-order chi connectivity index (χ0) is 24.4. The molecule has 3 aliphatic rings. The van der Waals surface area contributed by atoms with Crippen molar-refractivity contribution in [2.75, 3.05) is 37.6 Å². The Morgan fingerprint density at radius 1 is 1.06 bits per heavy atom. The van der Waals surface area contributed by atoms with Gasteiger partial charge in [-0.3, -0.25) is 14.3 Å². The topological polar surface area (TPSA) is 46.3 Å². The average molecular weight is 482 g/mol. The lowest BCUT2D eigenvalue weighted by Crippen LogP contribution is -2.58. The molecule has 2 aromatic heterocycles. The molecule has 0 amide bonds. The first kappa shape index (κ1) is 21.6. The predicted molar refractivity (Wildman–Crippen MR) is 138 cm³/mol. The third kappa shape index (κ3) is 3.49. The number of rotatable bonds is 4. The third-order valence-electron chi connectivity index (χ3n) is 7.98. The first-order valence-corrected chi connectivity index (χ1v) is 12.6. The fraction of sp³-hybridized carbons (Fsp3) is 0.310. The lowest BCUT2D eigenvalue weighted by Gasteiger charge is -2.47. The maximum atomic E-state index is 13.5. The van der Waals surface area contributed by atoms with Crippen molar-refractivity contribution in [1.82, 2.24) is 19.0 Å². The monoisotopic (exact) mass is 481 g/mol. The van der Waals surface area contributed by atoms with E-state index in [-0.39, 0.29) is 11.6 Å². The summed E-state index contributed by atoms with van der Waals surface area (Å²) in [5.74, 6) is 0.931. The van der Waals surface area contributed by atoms with Crippen LogP contribution < -0.4 is 4.90 Å². The number of carbonyl (C=O) groups is 1. The molecule has 0 radical (unpaired) electrons. The fourth-order valence-corrected chi connectivity index (χ4v) is 6.37. The Bertz CT molecular complexity index is 1480. The van der Waals surface area contributed by atoms with E-state index in [0.29, 0.717) is 12.0 Å². The van der Waals surface area contributed by atoms with Gasteiger partial charge in [0.25, 0.3) is 0 Å². The molecular formula is C29H28FN5O. The molecule has 7 heteroatoms. The van der Waals surface area contributed by atoms with Crippen LogP contribution in [0.5, 0.6) is 0 Å². The summed E-state index contributed by atoms with van der Waals surface area (Å²) in [5.41, 5.74) is 7.08. The number of imidazole rings is 1. The zero-order valence-corrected chi connectivity index (χ0v) is 20.3. The van der Waals surface area contributed by atoms with Crippen molar-refractivity contribution < 1.29 is 9.18 Å². The van der Waals surface area contributed by atoms with E-state index in [1.165, 1.54) is 29.8 Å². The highest BCUT2D eigenvalue weighted by molar-refractivity contribution is 5.77. The van der Waals surface area contributed by atoms with E-state index in [4.69, 9.17) is 0 Å². The van der Waals surface area contributed by atoms with Gasteiger partial charge in [0.05, 0.1) is 17.9 Å². The quantitative estimate of drug-likeness (QED) is 0.376. The molecule has 2 saturated heterocycles. The van der Waals surface area contributed by atoms with Crippen LogP contribution >= 0.6 is 0 Å². The highest BCUT2D eigenvalue weighted by atomic mass is 19.1. The number of anilines is 1. The maximum Gasteiger partial charge on any atom is 0.161 e. The third-order valence-corrected chi connectivity index (χ3v) is 7.98. The van der Waals surface area contributed by atoms with Gasteiger partial charge in [0.2, 0.25) is 0 Å². The van der Waals surface area contributed by atoms with E-state index >= 15 is 0 Å². The summed E-state index contributed by atoms with van der Waals surface area (Å²) in [6, 6.07) is 15.6. The van der Waals surface area contributed by atoms with E-state index in [2.05, 4.69) is 54.4 Å². The van der Waals surface area contributed by atoms with Gasteiger partial charge < -0.3 is 9.47 Å². The summed E-state index contributed by atoms with van der Waals surface area (Å²) in [7, 11) is 0. The lowest BCUT2D eigenvalue weighted by atomic mass is 9.79. The van der Waals surface area contributed by atoms with E-state index in [9.17, 15) is 9.18 Å². The Hall–Kier alpha value is -3.71. The second-order valence-corrected chi connectivity index (χ2v) is 10.7. The molecule has 5 heterocycles. The molecule has 4 aromatic rings. The molecule has 0 N–H and O–H groups in total. The van der Waals surface area contributed by atoms with Gasteiger partial charge in [0.1, 0.15) is 11.6 Å². The molecule has 2 aromatic carbocycles. The predicted octanol–water partition coefficient (Wildman–Crippen LogP) is 4.61. The highest BCUT2D eigenvalue weighted by Crippen LogP contribution is 2.42. The Balaban J connectivity index is 1.19. The molecule has 0 aliphatic carbocycles. The Kier molecular flexibility index (Phi) is 4.73. The van der Waals surface area contributed by atoms with Gasteiger partial charge in [0, 0.05) is 68.0 Å². The van der Waals surface area contributed by atoms with Crippen molar-refractivity contribution in [2.45, 2.75) is 19.9 Å². The second kappa shape index (κ2) is 7.90. The van der Waals surface area contributed by atoms with E-state index in [1.807, 2.05) is 24.5 Å². The summed E-state index contributed by atoms with van der Waals surface area (Å²) in [6.07, 6.45) is 7.19. The van der Waals surface area contributed by atoms with Gasteiger partial charge in [-0.2, -0.15) is 0 Å². The van der Waals surface area contributed by atoms with E-state index < -0.39 is 0 Å². The highest BCUT2D eigenvalue weighted by Gasteiger charge is 2.47. The fourth-order valence-electron chi connectivity index (χ4n) is 6.37. The number of likely N-dealkylation sites (tertiary alicyclic amines) is 1. The molecule has 3 aliphatic heterocycles. The van der Waals surface area contributed by atoms with Crippen molar-refractivity contribution >= 4 is 11.5 Å². The van der Waals surface area contributed by atoms with Crippen molar-refractivity contribution in [3.05, 3.63) is 78.5 Å². The van der Waals surface area contributed by atoms with Gasteiger partial charge >= 0.3 is 0 Å². The molecule has 0 bridgehead atoms. The Morgan fingerprint density at radius 3 is 2.69 bits per heavy atom. The smallest absolute Gasteiger partial charge is 0.161 e. The molecule has 0 unspecified atom stereocenters. The first-order valence-electron chi connectivity index (χ1n) is 12.6. The largest absolute Gasteiger partial charge is 0.371 e. The molecule has 2 fully saturated rings. The SMILES string of the molecule is CC(=O)CN1CC2(CCN(c3ccc4c(c3)Cn3cc(-c5ccc(F)cc5)cc3-c3nccn3-4)C2)C1. The number of ketones is 1. The number of carbonyl (C=O) groups excluding carboxylic acids is 1. The summed E-state index contributed by atoms with van der Waals surface area (Å²) in [5, 5.41) is 0. The lowest BCUT2D eigenvalue weighted by molar-refractivity contribution is -0.121. The summed E-state index contributed by atoms with van der Waals surface area (Å²) >= 11 is 0. The number of aromatic nitrogens is 3. The average Bonchev–Trinajstić information content (AvgIpc) is 3.56. The standard InChI is InChI=1S/C29H28FN5O/c1-20(36)14-32-17-29(18-32)8-10-33(19-29)25-6-7-26-23(12-25)16-34-15-22(21-2-4-24(30)5-3-21)13-27(34)28-31-9-11-35(26)28/h2-7,9,11-13,15H,8,10,14,16-19H2,1H3. The van der Waals surface area contributed by atoms with E-state index in [1.54, 1.807) is 6.92 Å². The zero-order valence-electron chi connectivity index (χ0n) is 20.3. The van der Waals surface area contributed by atoms with Crippen molar-refractivity contribution in [2.24, 2.45) is 5.41 Å². The number of halogens is 1. The number of nitrogens with zero attached hydrogens (tertiary/aromatic N) is 5. The van der Waals surface area contributed by atoms with E-state index in [0.717, 1.165) is 61.1 Å². The number of fused-ring (bicyclic) bond motifs is 5. The normalized spacial score (nSPS) is 17.9. The molecule has 1 spiro atoms. The van der Waals surface area contributed by atoms with Crippen LogP contribution in [-0.2, 0) is 11.3 Å². The minimum atomic E-state index is -0.228. The van der Waals surface area contributed by atoms with Crippen LogP contribution in [0.25, 0.3) is 28.3 Å². The maximum absolute atomic E-state index is 13.5. The van der Waals surface area contributed by atoms with Crippen LogP contribution in [0, 0.1) is 11.2 Å². The molecule has 7 rings (SSSR count). The van der Waals surface area contributed by atoms with Gasteiger partial charge in [-0.15, -0.1) is 0 Å². The van der Waals surface area contributed by atoms with Crippen LogP contribution in [0.15, 0.2) is 67.1 Å². The Labute approximate surface area is 209 Å². The number of benzene rings is 2. The second-order valence-electron chi connectivity index (χ2n) is 10.7. The molecular weight excluding hydrogens is 453 g/mol. The van der Waals surface area contributed by atoms with Crippen LogP contribution in [0.1, 0.15) is 18.9 Å². The number of Topliss-reactive ketones (excluding diaryl/α,β-unsaturated/α-hetero) is 1. The molecule has 6 nitrogen and oxygen atoms in total. The van der Waals surface area contributed by atoms with Gasteiger partial charge in [0.15, 0.2) is 5.82 Å². The summed E-state index contributed by atoms with van der Waals surface area (Å²) < 4.78 is 17.9. The minimum Gasteiger partial charge on any atom is -0.371 e. The summed E-state index contributed by atoms with van der Waals surface area (Å²) in [6.45, 7) is 7.12. The summed E-state index contributed by atoms with van der Waals surface area (Å²) in [4.78, 5) is 20.9. The van der Waals surface area contributed by atoms with Gasteiger partial charge in [-0.1, -0.05) is 12.1 Å². The van der Waals surface area contributed by atoms with Crippen molar-refractivity contribution in [3.8, 4) is 28.3 Å². The molecule has 182 valence electrons. The first-order chi connectivity index (χ1) is 17.5. The Morgan fingerprint density at radius 2 is 1.89 bits per heavy atom. The molecule has 0 atom stereocenters. The van der Waals surface area contributed by atoms with Crippen LogP contribution in [0.2, 0.25) is 0 Å². The van der Waals surface area contributed by atoms with Crippen molar-refractivity contribution in [3.63, 3.8) is 0 Å². The van der Waals surface area contributed by atoms with Gasteiger partial charge in [-0.25, -0.2) is 9.37 Å².